The number of aliphatic hydroxyl groups is 1. The van der Waals surface area contributed by atoms with E-state index >= 15 is 0 Å². The molecule has 2 heteroatoms. The van der Waals surface area contributed by atoms with Gasteiger partial charge in [-0.1, -0.05) is 43.3 Å². The highest BCUT2D eigenvalue weighted by Gasteiger charge is 2.09. The predicted octanol–water partition coefficient (Wildman–Crippen LogP) is 3.26. The van der Waals surface area contributed by atoms with Crippen LogP contribution in [0.3, 0.4) is 0 Å². The fraction of sp³-hybridized carbons (Fsp3) is 0.375. The molecule has 18 heavy (non-hydrogen) atoms. The van der Waals surface area contributed by atoms with Crippen LogP contribution in [0, 0.1) is 0 Å². The number of nitrogens with one attached hydrogen (secondary N) is 1. The van der Waals surface area contributed by atoms with Crippen LogP contribution in [0.1, 0.15) is 31.9 Å². The fourth-order valence-corrected chi connectivity index (χ4v) is 1.99. The van der Waals surface area contributed by atoms with Gasteiger partial charge in [0.1, 0.15) is 0 Å². The molecule has 0 aromatic heterocycles. The van der Waals surface area contributed by atoms with Gasteiger partial charge in [-0.3, -0.25) is 0 Å². The molecular weight excluding hydrogens is 222 g/mol. The maximum atomic E-state index is 10.2. The molecule has 2 nitrogen and oxygen atoms in total. The van der Waals surface area contributed by atoms with Gasteiger partial charge in [0.05, 0.1) is 6.10 Å². The Morgan fingerprint density at radius 2 is 1.83 bits per heavy atom. The van der Waals surface area contributed by atoms with Crippen LogP contribution in [0.4, 0.5) is 0 Å². The van der Waals surface area contributed by atoms with Gasteiger partial charge in [0, 0.05) is 12.6 Å². The molecule has 0 spiro atoms. The van der Waals surface area contributed by atoms with Crippen molar-refractivity contribution < 1.29 is 5.11 Å². The van der Waals surface area contributed by atoms with Crippen molar-refractivity contribution in [2.24, 2.45) is 0 Å². The number of rotatable bonds is 5. The number of aliphatic hydroxyl groups excluding tert-OH is 1. The number of benzene rings is 2. The summed E-state index contributed by atoms with van der Waals surface area (Å²) in [6, 6.07) is 14.8. The first-order valence-corrected chi connectivity index (χ1v) is 6.61. The van der Waals surface area contributed by atoms with Crippen molar-refractivity contribution in [1.29, 1.82) is 0 Å². The Kier molecular flexibility index (Phi) is 4.34. The van der Waals surface area contributed by atoms with Crippen molar-refractivity contribution in [2.45, 2.75) is 32.4 Å². The first kappa shape index (κ1) is 13.1. The molecule has 0 aliphatic rings. The normalized spacial score (nSPS) is 14.6. The largest absolute Gasteiger partial charge is 0.387 e. The third kappa shape index (κ3) is 3.09. The number of hydrogen-bond donors (Lipinski definition) is 2. The van der Waals surface area contributed by atoms with Crippen molar-refractivity contribution >= 4 is 10.8 Å². The highest BCUT2D eigenvalue weighted by Crippen LogP contribution is 2.20. The van der Waals surface area contributed by atoms with E-state index in [4.69, 9.17) is 0 Å². The van der Waals surface area contributed by atoms with Crippen molar-refractivity contribution in [3.63, 3.8) is 0 Å². The van der Waals surface area contributed by atoms with Crippen LogP contribution in [0.15, 0.2) is 42.5 Å². The predicted molar refractivity (Wildman–Crippen MR) is 76.7 cm³/mol. The van der Waals surface area contributed by atoms with Crippen LogP contribution < -0.4 is 5.32 Å². The first-order valence-electron chi connectivity index (χ1n) is 6.61. The van der Waals surface area contributed by atoms with Crippen molar-refractivity contribution in [1.82, 2.24) is 5.32 Å². The molecule has 0 fully saturated rings. The van der Waals surface area contributed by atoms with Crippen LogP contribution in [0.5, 0.6) is 0 Å². The average Bonchev–Trinajstić information content (AvgIpc) is 2.43. The SMILES string of the molecule is CCC(C)NCC(O)c1ccc2ccccc2c1. The third-order valence-corrected chi connectivity index (χ3v) is 3.43. The second kappa shape index (κ2) is 5.98. The molecule has 0 radical (unpaired) electrons. The topological polar surface area (TPSA) is 32.3 Å². The zero-order chi connectivity index (χ0) is 13.0. The molecule has 0 amide bonds. The summed E-state index contributed by atoms with van der Waals surface area (Å²) in [5.41, 5.74) is 0.976. The minimum atomic E-state index is -0.441. The van der Waals surface area contributed by atoms with Crippen LogP contribution in [-0.2, 0) is 0 Å². The number of hydrogen-bond acceptors (Lipinski definition) is 2. The molecule has 0 saturated heterocycles. The van der Waals surface area contributed by atoms with E-state index in [9.17, 15) is 5.11 Å². The zero-order valence-corrected chi connectivity index (χ0v) is 11.1. The lowest BCUT2D eigenvalue weighted by atomic mass is 10.0. The monoisotopic (exact) mass is 243 g/mol. The summed E-state index contributed by atoms with van der Waals surface area (Å²) in [6.07, 6.45) is 0.633. The molecule has 2 aromatic rings. The van der Waals surface area contributed by atoms with E-state index in [-0.39, 0.29) is 0 Å². The standard InChI is InChI=1S/C16H21NO/c1-3-12(2)17-11-16(18)15-9-8-13-6-4-5-7-14(13)10-15/h4-10,12,16-18H,3,11H2,1-2H3. The Balaban J connectivity index is 2.10. The Labute approximate surface area is 109 Å². The zero-order valence-electron chi connectivity index (χ0n) is 11.1. The Hall–Kier alpha value is -1.38. The Morgan fingerprint density at radius 1 is 1.11 bits per heavy atom. The second-order valence-electron chi connectivity index (χ2n) is 4.84. The van der Waals surface area contributed by atoms with Gasteiger partial charge in [-0.15, -0.1) is 0 Å². The third-order valence-electron chi connectivity index (χ3n) is 3.43. The molecule has 0 bridgehead atoms. The smallest absolute Gasteiger partial charge is 0.0914 e. The molecule has 2 aromatic carbocycles. The van der Waals surface area contributed by atoms with Gasteiger partial charge < -0.3 is 10.4 Å². The summed E-state index contributed by atoms with van der Waals surface area (Å²) in [7, 11) is 0. The molecule has 2 unspecified atom stereocenters. The van der Waals surface area contributed by atoms with Gasteiger partial charge in [-0.25, -0.2) is 0 Å². The van der Waals surface area contributed by atoms with Gasteiger partial charge in [-0.05, 0) is 35.7 Å². The lowest BCUT2D eigenvalue weighted by Crippen LogP contribution is -2.29. The highest BCUT2D eigenvalue weighted by atomic mass is 16.3. The minimum absolute atomic E-state index is 0.441. The van der Waals surface area contributed by atoms with E-state index in [1.54, 1.807) is 0 Å². The summed E-state index contributed by atoms with van der Waals surface area (Å²) in [6.45, 7) is 4.88. The van der Waals surface area contributed by atoms with Crippen LogP contribution >= 0.6 is 0 Å². The van der Waals surface area contributed by atoms with Gasteiger partial charge in [0.25, 0.3) is 0 Å². The minimum Gasteiger partial charge on any atom is -0.387 e. The number of fused-ring (bicyclic) bond motifs is 1. The van der Waals surface area contributed by atoms with E-state index in [1.165, 1.54) is 10.8 Å². The first-order chi connectivity index (χ1) is 8.70. The van der Waals surface area contributed by atoms with E-state index in [2.05, 4.69) is 43.4 Å². The highest BCUT2D eigenvalue weighted by molar-refractivity contribution is 5.83. The molecule has 2 rings (SSSR count). The van der Waals surface area contributed by atoms with Gasteiger partial charge in [0.15, 0.2) is 0 Å². The summed E-state index contributed by atoms with van der Waals surface area (Å²) in [4.78, 5) is 0. The molecular formula is C16H21NO. The van der Waals surface area contributed by atoms with E-state index < -0.39 is 6.10 Å². The second-order valence-corrected chi connectivity index (χ2v) is 4.84. The maximum Gasteiger partial charge on any atom is 0.0914 e. The summed E-state index contributed by atoms with van der Waals surface area (Å²) in [5.74, 6) is 0. The van der Waals surface area contributed by atoms with E-state index in [1.807, 2.05) is 18.2 Å². The van der Waals surface area contributed by atoms with Crippen LogP contribution in [0.25, 0.3) is 10.8 Å². The van der Waals surface area contributed by atoms with Crippen molar-refractivity contribution in [3.8, 4) is 0 Å². The Bertz CT molecular complexity index is 509. The van der Waals surface area contributed by atoms with Crippen molar-refractivity contribution in [2.75, 3.05) is 6.54 Å². The van der Waals surface area contributed by atoms with Gasteiger partial charge in [0.2, 0.25) is 0 Å². The lowest BCUT2D eigenvalue weighted by molar-refractivity contribution is 0.170. The maximum absolute atomic E-state index is 10.2. The molecule has 2 N–H and O–H groups in total. The van der Waals surface area contributed by atoms with E-state index in [0.29, 0.717) is 12.6 Å². The van der Waals surface area contributed by atoms with Crippen molar-refractivity contribution in [3.05, 3.63) is 48.0 Å². The average molecular weight is 243 g/mol. The molecule has 2 atom stereocenters. The van der Waals surface area contributed by atoms with Crippen LogP contribution in [0.2, 0.25) is 0 Å². The molecule has 0 aliphatic heterocycles. The van der Waals surface area contributed by atoms with E-state index in [0.717, 1.165) is 12.0 Å². The molecule has 96 valence electrons. The molecule has 0 aliphatic carbocycles. The Morgan fingerprint density at radius 3 is 2.56 bits per heavy atom. The van der Waals surface area contributed by atoms with Gasteiger partial charge >= 0.3 is 0 Å². The summed E-state index contributed by atoms with van der Waals surface area (Å²) >= 11 is 0. The molecule has 0 saturated carbocycles. The summed E-state index contributed by atoms with van der Waals surface area (Å²) in [5, 5.41) is 15.9. The quantitative estimate of drug-likeness (QED) is 0.844. The lowest BCUT2D eigenvalue weighted by Gasteiger charge is -2.16. The van der Waals surface area contributed by atoms with Gasteiger partial charge in [-0.2, -0.15) is 0 Å². The van der Waals surface area contributed by atoms with Crippen LogP contribution in [-0.4, -0.2) is 17.7 Å². The molecule has 0 heterocycles. The summed E-state index contributed by atoms with van der Waals surface area (Å²) < 4.78 is 0. The fourth-order valence-electron chi connectivity index (χ4n) is 1.99.